The maximum Gasteiger partial charge on any atom is 0.305 e. The summed E-state index contributed by atoms with van der Waals surface area (Å²) in [5.41, 5.74) is -0.504. The summed E-state index contributed by atoms with van der Waals surface area (Å²) in [6.45, 7) is 0. The Hall–Kier alpha value is -1.07. The molecule has 1 aliphatic carbocycles. The SMILES string of the molecule is O=C(O)CC1(NC(=O)CCc2ccc(Cl)s2)CCC1. The number of carbonyl (C=O) groups is 2. The van der Waals surface area contributed by atoms with Gasteiger partial charge in [0, 0.05) is 11.3 Å². The van der Waals surface area contributed by atoms with E-state index in [2.05, 4.69) is 5.32 Å². The Balaban J connectivity index is 1.81. The highest BCUT2D eigenvalue weighted by molar-refractivity contribution is 7.16. The highest BCUT2D eigenvalue weighted by atomic mass is 35.5. The number of hydrogen-bond acceptors (Lipinski definition) is 3. The van der Waals surface area contributed by atoms with Crippen LogP contribution in [0, 0.1) is 0 Å². The normalized spacial score (nSPS) is 16.7. The summed E-state index contributed by atoms with van der Waals surface area (Å²) in [6.07, 6.45) is 3.54. The van der Waals surface area contributed by atoms with Gasteiger partial charge in [-0.1, -0.05) is 11.6 Å². The van der Waals surface area contributed by atoms with E-state index >= 15 is 0 Å². The molecule has 1 amide bonds. The zero-order valence-electron chi connectivity index (χ0n) is 10.4. The van der Waals surface area contributed by atoms with Crippen LogP contribution in [0.1, 0.15) is 37.0 Å². The molecule has 0 bridgehead atoms. The van der Waals surface area contributed by atoms with Gasteiger partial charge >= 0.3 is 5.97 Å². The first kappa shape index (κ1) is 14.3. The summed E-state index contributed by atoms with van der Waals surface area (Å²) < 4.78 is 0.719. The second-order valence-electron chi connectivity index (χ2n) is 4.96. The van der Waals surface area contributed by atoms with Crippen LogP contribution >= 0.6 is 22.9 Å². The lowest BCUT2D eigenvalue weighted by molar-refractivity contribution is -0.140. The van der Waals surface area contributed by atoms with Crippen molar-refractivity contribution in [2.45, 2.75) is 44.1 Å². The molecule has 19 heavy (non-hydrogen) atoms. The monoisotopic (exact) mass is 301 g/mol. The fraction of sp³-hybridized carbons (Fsp3) is 0.538. The topological polar surface area (TPSA) is 66.4 Å². The van der Waals surface area contributed by atoms with E-state index in [1.165, 1.54) is 11.3 Å². The zero-order valence-corrected chi connectivity index (χ0v) is 12.0. The molecule has 4 nitrogen and oxygen atoms in total. The lowest BCUT2D eigenvalue weighted by Crippen LogP contribution is -2.54. The number of carboxylic acids is 1. The molecule has 1 saturated carbocycles. The van der Waals surface area contributed by atoms with Gasteiger partial charge in [0.2, 0.25) is 5.91 Å². The molecule has 6 heteroatoms. The lowest BCUT2D eigenvalue weighted by atomic mass is 9.74. The van der Waals surface area contributed by atoms with Crippen molar-refractivity contribution in [1.82, 2.24) is 5.32 Å². The van der Waals surface area contributed by atoms with Crippen molar-refractivity contribution in [2.24, 2.45) is 0 Å². The smallest absolute Gasteiger partial charge is 0.305 e. The molecule has 0 saturated heterocycles. The number of nitrogens with one attached hydrogen (secondary N) is 1. The molecule has 0 unspecified atom stereocenters. The van der Waals surface area contributed by atoms with Gasteiger partial charge in [0.15, 0.2) is 0 Å². The van der Waals surface area contributed by atoms with Gasteiger partial charge in [0.05, 0.1) is 16.3 Å². The molecule has 1 fully saturated rings. The number of rotatable bonds is 6. The number of aryl methyl sites for hydroxylation is 1. The number of hydrogen-bond donors (Lipinski definition) is 2. The van der Waals surface area contributed by atoms with Gasteiger partial charge in [0.1, 0.15) is 0 Å². The van der Waals surface area contributed by atoms with Crippen LogP contribution in [-0.2, 0) is 16.0 Å². The Morgan fingerprint density at radius 3 is 2.63 bits per heavy atom. The number of thiophene rings is 1. The van der Waals surface area contributed by atoms with Crippen LogP contribution in [-0.4, -0.2) is 22.5 Å². The quantitative estimate of drug-likeness (QED) is 0.849. The van der Waals surface area contributed by atoms with Crippen LogP contribution < -0.4 is 5.32 Å². The molecule has 0 atom stereocenters. The van der Waals surface area contributed by atoms with Crippen LogP contribution in [0.15, 0.2) is 12.1 Å². The fourth-order valence-corrected chi connectivity index (χ4v) is 3.41. The summed E-state index contributed by atoms with van der Waals surface area (Å²) in [5.74, 6) is -0.935. The number of carboxylic acid groups (broad SMARTS) is 1. The van der Waals surface area contributed by atoms with E-state index in [-0.39, 0.29) is 12.3 Å². The van der Waals surface area contributed by atoms with Crippen molar-refractivity contribution in [1.29, 1.82) is 0 Å². The number of aliphatic carboxylic acids is 1. The maximum absolute atomic E-state index is 11.9. The summed E-state index contributed by atoms with van der Waals surface area (Å²) in [4.78, 5) is 23.8. The molecule has 0 radical (unpaired) electrons. The van der Waals surface area contributed by atoms with E-state index in [0.29, 0.717) is 12.8 Å². The van der Waals surface area contributed by atoms with E-state index in [0.717, 1.165) is 28.5 Å². The Kier molecular flexibility index (Phi) is 4.47. The number of carbonyl (C=O) groups excluding carboxylic acids is 1. The minimum Gasteiger partial charge on any atom is -0.481 e. The molecule has 2 N–H and O–H groups in total. The number of amides is 1. The van der Waals surface area contributed by atoms with Gasteiger partial charge in [0.25, 0.3) is 0 Å². The van der Waals surface area contributed by atoms with Crippen molar-refractivity contribution < 1.29 is 14.7 Å². The second-order valence-corrected chi connectivity index (χ2v) is 6.76. The van der Waals surface area contributed by atoms with E-state index in [4.69, 9.17) is 16.7 Å². The van der Waals surface area contributed by atoms with E-state index in [1.54, 1.807) is 0 Å². The first-order chi connectivity index (χ1) is 8.99. The van der Waals surface area contributed by atoms with Gasteiger partial charge < -0.3 is 10.4 Å². The minimum absolute atomic E-state index is 0.0174. The third-order valence-corrected chi connectivity index (χ3v) is 4.72. The maximum atomic E-state index is 11.9. The fourth-order valence-electron chi connectivity index (χ4n) is 2.32. The molecular weight excluding hydrogens is 286 g/mol. The highest BCUT2D eigenvalue weighted by Crippen LogP contribution is 2.35. The molecule has 1 aliphatic rings. The molecule has 1 aromatic heterocycles. The average Bonchev–Trinajstić information content (AvgIpc) is 2.69. The first-order valence-electron chi connectivity index (χ1n) is 6.26. The third kappa shape index (κ3) is 3.94. The Morgan fingerprint density at radius 2 is 2.16 bits per heavy atom. The van der Waals surface area contributed by atoms with Crippen molar-refractivity contribution in [2.75, 3.05) is 0 Å². The van der Waals surface area contributed by atoms with Gasteiger partial charge in [-0.15, -0.1) is 11.3 Å². The molecule has 104 valence electrons. The summed E-state index contributed by atoms with van der Waals surface area (Å²) in [5, 5.41) is 11.8. The summed E-state index contributed by atoms with van der Waals surface area (Å²) in [6, 6.07) is 3.73. The molecular formula is C13H16ClNO3S. The van der Waals surface area contributed by atoms with Gasteiger partial charge in [-0.2, -0.15) is 0 Å². The summed E-state index contributed by atoms with van der Waals surface area (Å²) >= 11 is 7.29. The molecule has 2 rings (SSSR count). The van der Waals surface area contributed by atoms with Gasteiger partial charge in [-0.3, -0.25) is 9.59 Å². The lowest BCUT2D eigenvalue weighted by Gasteiger charge is -2.41. The Labute approximate surface area is 120 Å². The largest absolute Gasteiger partial charge is 0.481 e. The molecule has 1 heterocycles. The highest BCUT2D eigenvalue weighted by Gasteiger charge is 2.40. The predicted molar refractivity (Wildman–Crippen MR) is 74.6 cm³/mol. The Bertz CT molecular complexity index is 482. The van der Waals surface area contributed by atoms with Gasteiger partial charge in [-0.25, -0.2) is 0 Å². The Morgan fingerprint density at radius 1 is 1.42 bits per heavy atom. The van der Waals surface area contributed by atoms with Crippen LogP contribution in [0.2, 0.25) is 4.34 Å². The van der Waals surface area contributed by atoms with E-state index < -0.39 is 11.5 Å². The van der Waals surface area contributed by atoms with Gasteiger partial charge in [-0.05, 0) is 37.8 Å². The second kappa shape index (κ2) is 5.92. The average molecular weight is 302 g/mol. The van der Waals surface area contributed by atoms with Crippen molar-refractivity contribution in [3.05, 3.63) is 21.3 Å². The van der Waals surface area contributed by atoms with E-state index in [9.17, 15) is 9.59 Å². The molecule has 1 aromatic rings. The number of halogens is 1. The van der Waals surface area contributed by atoms with Crippen LogP contribution in [0.3, 0.4) is 0 Å². The van der Waals surface area contributed by atoms with Crippen LogP contribution in [0.5, 0.6) is 0 Å². The third-order valence-electron chi connectivity index (χ3n) is 3.43. The van der Waals surface area contributed by atoms with Crippen molar-refractivity contribution >= 4 is 34.8 Å². The summed E-state index contributed by atoms with van der Waals surface area (Å²) in [7, 11) is 0. The molecule has 0 aliphatic heterocycles. The van der Waals surface area contributed by atoms with Crippen molar-refractivity contribution in [3.8, 4) is 0 Å². The molecule has 0 aromatic carbocycles. The van der Waals surface area contributed by atoms with Crippen LogP contribution in [0.4, 0.5) is 0 Å². The predicted octanol–water partition coefficient (Wildman–Crippen LogP) is 2.85. The van der Waals surface area contributed by atoms with Crippen LogP contribution in [0.25, 0.3) is 0 Å². The van der Waals surface area contributed by atoms with Crippen molar-refractivity contribution in [3.63, 3.8) is 0 Å². The van der Waals surface area contributed by atoms with E-state index in [1.807, 2.05) is 12.1 Å². The molecule has 0 spiro atoms. The minimum atomic E-state index is -0.856. The first-order valence-corrected chi connectivity index (χ1v) is 7.46. The zero-order chi connectivity index (χ0) is 13.9. The standard InChI is InChI=1S/C13H16ClNO3S/c14-10-4-2-9(19-10)3-5-11(16)15-13(6-1-7-13)8-12(17)18/h2,4H,1,3,5-8H2,(H,15,16)(H,17,18).